The number of aliphatic hydroxyl groups is 1. The Bertz CT molecular complexity index is 425. The van der Waals surface area contributed by atoms with Gasteiger partial charge in [0.05, 0.1) is 6.10 Å². The second-order valence-electron chi connectivity index (χ2n) is 5.71. The average Bonchev–Trinajstić information content (AvgIpc) is 3.24. The van der Waals surface area contributed by atoms with E-state index in [4.69, 9.17) is 5.73 Å². The molecule has 0 bridgehead atoms. The lowest BCUT2D eigenvalue weighted by atomic mass is 10.1. The molecule has 3 rings (SSSR count). The largest absolute Gasteiger partial charge is 0.398 e. The predicted octanol–water partition coefficient (Wildman–Crippen LogP) is 1.08. The molecule has 1 heterocycles. The first kappa shape index (κ1) is 12.9. The first-order chi connectivity index (χ1) is 9.24. The third kappa shape index (κ3) is 3.08. The molecule has 1 unspecified atom stereocenters. The highest BCUT2D eigenvalue weighted by atomic mass is 16.3. The minimum atomic E-state index is -0.478. The highest BCUT2D eigenvalue weighted by molar-refractivity contribution is 5.47. The summed E-state index contributed by atoms with van der Waals surface area (Å²) >= 11 is 0. The summed E-state index contributed by atoms with van der Waals surface area (Å²) in [5, 5.41) is 10.3. The molecule has 0 amide bonds. The van der Waals surface area contributed by atoms with Gasteiger partial charge in [-0.2, -0.15) is 0 Å². The minimum Gasteiger partial charge on any atom is -0.398 e. The maximum atomic E-state index is 10.3. The van der Waals surface area contributed by atoms with E-state index in [1.165, 1.54) is 12.8 Å². The van der Waals surface area contributed by atoms with Crippen molar-refractivity contribution in [2.24, 2.45) is 0 Å². The number of piperazine rings is 1. The molecule has 1 aromatic carbocycles. The van der Waals surface area contributed by atoms with Crippen molar-refractivity contribution in [2.75, 3.05) is 38.5 Å². The van der Waals surface area contributed by atoms with Gasteiger partial charge in [0.15, 0.2) is 0 Å². The molecule has 1 saturated carbocycles. The Morgan fingerprint density at radius 2 is 1.84 bits per heavy atom. The molecular weight excluding hydrogens is 238 g/mol. The molecular formula is C15H23N3O. The number of aliphatic hydroxyl groups excluding tert-OH is 1. The summed E-state index contributed by atoms with van der Waals surface area (Å²) in [7, 11) is 0. The summed E-state index contributed by atoms with van der Waals surface area (Å²) in [5.41, 5.74) is 7.45. The average molecular weight is 261 g/mol. The van der Waals surface area contributed by atoms with Gasteiger partial charge in [0.25, 0.3) is 0 Å². The van der Waals surface area contributed by atoms with Crippen LogP contribution >= 0.6 is 0 Å². The SMILES string of the molecule is Nc1ccccc1C(O)CN1CCN(C2CC2)CC1. The number of hydrogen-bond donors (Lipinski definition) is 2. The first-order valence-corrected chi connectivity index (χ1v) is 7.23. The van der Waals surface area contributed by atoms with Crippen LogP contribution in [0.2, 0.25) is 0 Å². The van der Waals surface area contributed by atoms with Gasteiger partial charge in [-0.15, -0.1) is 0 Å². The second kappa shape index (κ2) is 5.49. The Morgan fingerprint density at radius 1 is 1.16 bits per heavy atom. The van der Waals surface area contributed by atoms with Crippen LogP contribution in [-0.2, 0) is 0 Å². The fourth-order valence-corrected chi connectivity index (χ4v) is 2.91. The van der Waals surface area contributed by atoms with Gasteiger partial charge in [0, 0.05) is 50.0 Å². The van der Waals surface area contributed by atoms with Crippen molar-refractivity contribution in [2.45, 2.75) is 25.0 Å². The zero-order valence-electron chi connectivity index (χ0n) is 11.3. The molecule has 0 aromatic heterocycles. The van der Waals surface area contributed by atoms with E-state index >= 15 is 0 Å². The van der Waals surface area contributed by atoms with Crippen LogP contribution in [-0.4, -0.2) is 53.7 Å². The van der Waals surface area contributed by atoms with Crippen molar-refractivity contribution < 1.29 is 5.11 Å². The quantitative estimate of drug-likeness (QED) is 0.797. The molecule has 2 fully saturated rings. The number of para-hydroxylation sites is 1. The van der Waals surface area contributed by atoms with Crippen LogP contribution in [0.15, 0.2) is 24.3 Å². The Labute approximate surface area is 114 Å². The highest BCUT2D eigenvalue weighted by Crippen LogP contribution is 2.28. The number of benzene rings is 1. The number of nitrogens with zero attached hydrogens (tertiary/aromatic N) is 2. The fraction of sp³-hybridized carbons (Fsp3) is 0.600. The molecule has 1 aliphatic heterocycles. The standard InChI is InChI=1S/C15H23N3O/c16-14-4-2-1-3-13(14)15(19)11-17-7-9-18(10-8-17)12-5-6-12/h1-4,12,15,19H,5-11,16H2. The number of nitrogen functional groups attached to an aromatic ring is 1. The van der Waals surface area contributed by atoms with E-state index in [-0.39, 0.29) is 0 Å². The van der Waals surface area contributed by atoms with Crippen molar-refractivity contribution in [1.82, 2.24) is 9.80 Å². The lowest BCUT2D eigenvalue weighted by Gasteiger charge is -2.35. The van der Waals surface area contributed by atoms with E-state index in [2.05, 4.69) is 9.80 Å². The number of nitrogens with two attached hydrogens (primary N) is 1. The molecule has 4 nitrogen and oxygen atoms in total. The third-order valence-corrected chi connectivity index (χ3v) is 4.26. The summed E-state index contributed by atoms with van der Waals surface area (Å²) in [6.45, 7) is 5.08. The van der Waals surface area contributed by atoms with Crippen LogP contribution in [0.1, 0.15) is 24.5 Å². The number of β-amino-alcohol motifs (C(OH)–C–C–N with tert-alkyl or cyclic N) is 1. The van der Waals surface area contributed by atoms with Crippen molar-refractivity contribution in [3.63, 3.8) is 0 Å². The Balaban J connectivity index is 1.52. The van der Waals surface area contributed by atoms with Crippen molar-refractivity contribution in [3.8, 4) is 0 Å². The molecule has 104 valence electrons. The maximum Gasteiger partial charge on any atom is 0.0936 e. The number of anilines is 1. The fourth-order valence-electron chi connectivity index (χ4n) is 2.91. The third-order valence-electron chi connectivity index (χ3n) is 4.26. The van der Waals surface area contributed by atoms with E-state index in [1.54, 1.807) is 0 Å². The van der Waals surface area contributed by atoms with Gasteiger partial charge in [0.1, 0.15) is 0 Å². The van der Waals surface area contributed by atoms with Crippen molar-refractivity contribution in [3.05, 3.63) is 29.8 Å². The normalized spacial score (nSPS) is 23.4. The molecule has 1 saturated heterocycles. The van der Waals surface area contributed by atoms with Crippen LogP contribution in [0.3, 0.4) is 0 Å². The molecule has 0 spiro atoms. The predicted molar refractivity (Wildman–Crippen MR) is 76.8 cm³/mol. The number of hydrogen-bond acceptors (Lipinski definition) is 4. The van der Waals surface area contributed by atoms with Crippen molar-refractivity contribution >= 4 is 5.69 Å². The van der Waals surface area contributed by atoms with E-state index in [0.29, 0.717) is 12.2 Å². The molecule has 1 aliphatic carbocycles. The van der Waals surface area contributed by atoms with E-state index in [1.807, 2.05) is 24.3 Å². The van der Waals surface area contributed by atoms with Crippen LogP contribution in [0.25, 0.3) is 0 Å². The smallest absolute Gasteiger partial charge is 0.0936 e. The summed E-state index contributed by atoms with van der Waals surface area (Å²) < 4.78 is 0. The van der Waals surface area contributed by atoms with Gasteiger partial charge >= 0.3 is 0 Å². The van der Waals surface area contributed by atoms with Crippen LogP contribution < -0.4 is 5.73 Å². The molecule has 19 heavy (non-hydrogen) atoms. The summed E-state index contributed by atoms with van der Waals surface area (Å²) in [4.78, 5) is 4.93. The molecule has 2 aliphatic rings. The molecule has 0 radical (unpaired) electrons. The zero-order chi connectivity index (χ0) is 13.2. The van der Waals surface area contributed by atoms with Gasteiger partial charge in [-0.25, -0.2) is 0 Å². The van der Waals surface area contributed by atoms with Gasteiger partial charge in [-0.1, -0.05) is 18.2 Å². The minimum absolute atomic E-state index is 0.478. The summed E-state index contributed by atoms with van der Waals surface area (Å²) in [6, 6.07) is 8.46. The lowest BCUT2D eigenvalue weighted by Crippen LogP contribution is -2.48. The van der Waals surface area contributed by atoms with Crippen LogP contribution in [0.4, 0.5) is 5.69 Å². The lowest BCUT2D eigenvalue weighted by molar-refractivity contribution is 0.0703. The van der Waals surface area contributed by atoms with Crippen LogP contribution in [0.5, 0.6) is 0 Å². The van der Waals surface area contributed by atoms with Crippen molar-refractivity contribution in [1.29, 1.82) is 0 Å². The van der Waals surface area contributed by atoms with E-state index in [0.717, 1.165) is 37.8 Å². The molecule has 3 N–H and O–H groups in total. The van der Waals surface area contributed by atoms with E-state index in [9.17, 15) is 5.11 Å². The zero-order valence-corrected chi connectivity index (χ0v) is 11.3. The highest BCUT2D eigenvalue weighted by Gasteiger charge is 2.31. The van der Waals surface area contributed by atoms with Gasteiger partial charge in [0.2, 0.25) is 0 Å². The molecule has 4 heteroatoms. The maximum absolute atomic E-state index is 10.3. The van der Waals surface area contributed by atoms with Gasteiger partial charge in [-0.05, 0) is 18.9 Å². The molecule has 1 aromatic rings. The summed E-state index contributed by atoms with van der Waals surface area (Å²) in [5.74, 6) is 0. The van der Waals surface area contributed by atoms with E-state index < -0.39 is 6.10 Å². The molecule has 1 atom stereocenters. The number of rotatable bonds is 4. The topological polar surface area (TPSA) is 52.7 Å². The monoisotopic (exact) mass is 261 g/mol. The Morgan fingerprint density at radius 3 is 2.47 bits per heavy atom. The summed E-state index contributed by atoms with van der Waals surface area (Å²) in [6.07, 6.45) is 2.28. The Kier molecular flexibility index (Phi) is 3.73. The van der Waals surface area contributed by atoms with Crippen LogP contribution in [0, 0.1) is 0 Å². The van der Waals surface area contributed by atoms with Gasteiger partial charge < -0.3 is 10.8 Å². The second-order valence-corrected chi connectivity index (χ2v) is 5.71. The first-order valence-electron chi connectivity index (χ1n) is 7.23. The van der Waals surface area contributed by atoms with Gasteiger partial charge in [-0.3, -0.25) is 9.80 Å². The Hall–Kier alpha value is -1.10.